The molecule has 1 aromatic heterocycles. The van der Waals surface area contributed by atoms with E-state index in [-0.39, 0.29) is 0 Å². The molecule has 3 heterocycles. The molecule has 2 aliphatic rings. The van der Waals surface area contributed by atoms with E-state index >= 15 is 0 Å². The molecule has 3 aromatic rings. The molecule has 0 unspecified atom stereocenters. The molecule has 2 saturated heterocycles. The van der Waals surface area contributed by atoms with Crippen LogP contribution < -0.4 is 10.2 Å². The number of urea groups is 1. The first-order chi connectivity index (χ1) is 16.0. The molecule has 0 atom stereocenters. The Morgan fingerprint density at radius 1 is 1.21 bits per heavy atom. The summed E-state index contributed by atoms with van der Waals surface area (Å²) in [5, 5.41) is 2.72. The predicted octanol–water partition coefficient (Wildman–Crippen LogP) is 3.81. The van der Waals surface area contributed by atoms with Crippen LogP contribution in [0.1, 0.15) is 5.56 Å². The Morgan fingerprint density at radius 3 is 2.79 bits per heavy atom. The Balaban J connectivity index is 1.24. The third-order valence-corrected chi connectivity index (χ3v) is 6.47. The zero-order valence-corrected chi connectivity index (χ0v) is 18.5. The maximum absolute atomic E-state index is 13.7. The minimum atomic E-state index is -0.848. The lowest BCUT2D eigenvalue weighted by Gasteiger charge is -2.26. The number of H-pyrrole nitrogens is 1. The lowest BCUT2D eigenvalue weighted by molar-refractivity contribution is 0.0342. The number of fused-ring (bicyclic) bond motifs is 1. The molecule has 0 spiro atoms. The number of amides is 2. The van der Waals surface area contributed by atoms with Crippen LogP contribution in [0.2, 0.25) is 0 Å². The van der Waals surface area contributed by atoms with E-state index in [0.717, 1.165) is 56.0 Å². The Bertz CT molecular complexity index is 1190. The number of benzene rings is 2. The van der Waals surface area contributed by atoms with Crippen LogP contribution in [0.3, 0.4) is 0 Å². The molecule has 0 aliphatic carbocycles. The van der Waals surface area contributed by atoms with E-state index in [1.54, 1.807) is 0 Å². The minimum absolute atomic E-state index is 0.373. The summed E-state index contributed by atoms with van der Waals surface area (Å²) in [6.07, 6.45) is 0. The molecule has 11 heteroatoms. The number of anilines is 2. The second kappa shape index (κ2) is 9.46. The second-order valence-corrected chi connectivity index (χ2v) is 8.82. The van der Waals surface area contributed by atoms with Gasteiger partial charge < -0.3 is 19.9 Å². The van der Waals surface area contributed by atoms with Crippen LogP contribution in [0.5, 0.6) is 0 Å². The molecule has 2 aliphatic heterocycles. The average Bonchev–Trinajstić information content (AvgIpc) is 3.44. The van der Waals surface area contributed by atoms with Gasteiger partial charge in [0, 0.05) is 19.6 Å². The fourth-order valence-corrected chi connectivity index (χ4v) is 4.70. The number of para-hydroxylation sites is 1. The summed E-state index contributed by atoms with van der Waals surface area (Å²) in [4.78, 5) is 28.4. The summed E-state index contributed by atoms with van der Waals surface area (Å²) in [7, 11) is 0. The van der Waals surface area contributed by atoms with Gasteiger partial charge in [-0.05, 0) is 29.8 Å². The van der Waals surface area contributed by atoms with Gasteiger partial charge in [-0.25, -0.2) is 18.6 Å². The number of carbonyl (C=O) groups excluding carboxylic acids is 1. The molecular weight excluding hydrogens is 450 g/mol. The van der Waals surface area contributed by atoms with Crippen molar-refractivity contribution in [3.8, 4) is 0 Å². The van der Waals surface area contributed by atoms with E-state index in [4.69, 9.17) is 4.74 Å². The van der Waals surface area contributed by atoms with E-state index in [1.807, 2.05) is 11.0 Å². The molecule has 172 valence electrons. The zero-order chi connectivity index (χ0) is 22.8. The van der Waals surface area contributed by atoms with Crippen LogP contribution in [-0.4, -0.2) is 64.7 Å². The quantitative estimate of drug-likeness (QED) is 0.601. The van der Waals surface area contributed by atoms with E-state index < -0.39 is 23.4 Å². The van der Waals surface area contributed by atoms with Crippen molar-refractivity contribution in [2.75, 3.05) is 48.9 Å². The van der Waals surface area contributed by atoms with Crippen LogP contribution in [0.25, 0.3) is 11.0 Å². The smallest absolute Gasteiger partial charge is 0.346 e. The molecule has 0 bridgehead atoms. The van der Waals surface area contributed by atoms with Crippen molar-refractivity contribution in [1.82, 2.24) is 14.9 Å². The van der Waals surface area contributed by atoms with E-state index in [1.165, 1.54) is 23.4 Å². The minimum Gasteiger partial charge on any atom is -0.379 e. The second-order valence-electron chi connectivity index (χ2n) is 7.80. The normalized spacial score (nSPS) is 18.4. The standard InChI is InChI=1S/C22H22F2N6O2S/c23-15-2-1-3-16(24)20(15)28-22(31)27-19-12-30(13-33-19)21-25-17-5-4-14(10-18(17)26-21)11-29-6-8-32-9-7-29/h1-5,10H,6-9,11-13H2,(H,25,26)(H,28,31). The molecule has 8 nitrogen and oxygen atoms in total. The number of thioether (sulfide) groups is 1. The van der Waals surface area contributed by atoms with Gasteiger partial charge >= 0.3 is 6.03 Å². The van der Waals surface area contributed by atoms with E-state index in [9.17, 15) is 13.6 Å². The van der Waals surface area contributed by atoms with Gasteiger partial charge in [-0.2, -0.15) is 4.99 Å². The van der Waals surface area contributed by atoms with Crippen molar-refractivity contribution in [2.24, 2.45) is 4.99 Å². The van der Waals surface area contributed by atoms with E-state index in [2.05, 4.69) is 37.3 Å². The predicted molar refractivity (Wildman–Crippen MR) is 125 cm³/mol. The average molecular weight is 473 g/mol. The van der Waals surface area contributed by atoms with Gasteiger partial charge in [0.2, 0.25) is 5.95 Å². The summed E-state index contributed by atoms with van der Waals surface area (Å²) >= 11 is 1.38. The first-order valence-corrected chi connectivity index (χ1v) is 11.5. The summed E-state index contributed by atoms with van der Waals surface area (Å²) in [5.41, 5.74) is 2.50. The highest BCUT2D eigenvalue weighted by Crippen LogP contribution is 2.26. The zero-order valence-electron chi connectivity index (χ0n) is 17.7. The molecule has 2 N–H and O–H groups in total. The Kier molecular flexibility index (Phi) is 6.25. The van der Waals surface area contributed by atoms with Crippen LogP contribution in [0.4, 0.5) is 25.2 Å². The number of nitrogens with one attached hydrogen (secondary N) is 2. The Morgan fingerprint density at radius 2 is 2.00 bits per heavy atom. The van der Waals surface area contributed by atoms with Gasteiger partial charge in [0.15, 0.2) is 0 Å². The summed E-state index contributed by atoms with van der Waals surface area (Å²) in [6, 6.07) is 8.75. The highest BCUT2D eigenvalue weighted by molar-refractivity contribution is 8.14. The number of rotatable bonds is 4. The molecule has 2 aromatic carbocycles. The third-order valence-electron chi connectivity index (χ3n) is 5.48. The van der Waals surface area contributed by atoms with Gasteiger partial charge in [0.1, 0.15) is 22.4 Å². The number of morpholine rings is 1. The van der Waals surface area contributed by atoms with E-state index in [0.29, 0.717) is 23.4 Å². The van der Waals surface area contributed by atoms with Crippen LogP contribution in [0, 0.1) is 11.6 Å². The fourth-order valence-electron chi connectivity index (χ4n) is 3.78. The SMILES string of the molecule is O=C(N=C1CN(c2nc3ccc(CN4CCOCC4)cc3[nH]2)CS1)Nc1c(F)cccc1F. The maximum Gasteiger partial charge on any atom is 0.346 e. The van der Waals surface area contributed by atoms with Gasteiger partial charge in [-0.15, -0.1) is 0 Å². The maximum atomic E-state index is 13.7. The lowest BCUT2D eigenvalue weighted by atomic mass is 10.2. The first kappa shape index (κ1) is 21.8. The number of aromatic amines is 1. The van der Waals surface area contributed by atoms with Crippen molar-refractivity contribution < 1.29 is 18.3 Å². The summed E-state index contributed by atoms with van der Waals surface area (Å²) in [6.45, 7) is 4.62. The molecule has 2 fully saturated rings. The topological polar surface area (TPSA) is 85.8 Å². The van der Waals surface area contributed by atoms with Crippen molar-refractivity contribution in [1.29, 1.82) is 0 Å². The molecule has 33 heavy (non-hydrogen) atoms. The van der Waals surface area contributed by atoms with Crippen LogP contribution >= 0.6 is 11.8 Å². The number of imidazole rings is 1. The van der Waals surface area contributed by atoms with Gasteiger partial charge in [0.25, 0.3) is 0 Å². The Labute approximate surface area is 193 Å². The van der Waals surface area contributed by atoms with Gasteiger partial charge in [-0.3, -0.25) is 4.90 Å². The summed E-state index contributed by atoms with van der Waals surface area (Å²) in [5.74, 6) is -0.452. The summed E-state index contributed by atoms with van der Waals surface area (Å²) < 4.78 is 32.9. The first-order valence-electron chi connectivity index (χ1n) is 10.5. The number of nitrogens with zero attached hydrogens (tertiary/aromatic N) is 4. The number of aromatic nitrogens is 2. The molecule has 2 amide bonds. The number of hydrogen-bond donors (Lipinski definition) is 2. The van der Waals surface area contributed by atoms with Crippen molar-refractivity contribution in [3.63, 3.8) is 0 Å². The number of hydrogen-bond acceptors (Lipinski definition) is 6. The molecule has 5 rings (SSSR count). The highest BCUT2D eigenvalue weighted by Gasteiger charge is 2.23. The van der Waals surface area contributed by atoms with Crippen molar-refractivity contribution >= 4 is 45.5 Å². The van der Waals surface area contributed by atoms with Crippen LogP contribution in [0.15, 0.2) is 41.4 Å². The number of aliphatic imine (C=N–C) groups is 1. The Hall–Kier alpha value is -3.02. The fraction of sp³-hybridized carbons (Fsp3) is 0.318. The number of carbonyl (C=O) groups is 1. The van der Waals surface area contributed by atoms with Crippen molar-refractivity contribution in [2.45, 2.75) is 6.54 Å². The number of ether oxygens (including phenoxy) is 1. The lowest BCUT2D eigenvalue weighted by Crippen LogP contribution is -2.35. The molecule has 0 radical (unpaired) electrons. The largest absolute Gasteiger partial charge is 0.379 e. The van der Waals surface area contributed by atoms with Gasteiger partial charge in [0.05, 0.1) is 36.7 Å². The monoisotopic (exact) mass is 472 g/mol. The highest BCUT2D eigenvalue weighted by atomic mass is 32.2. The van der Waals surface area contributed by atoms with Gasteiger partial charge in [-0.1, -0.05) is 23.9 Å². The molecule has 0 saturated carbocycles. The van der Waals surface area contributed by atoms with Crippen molar-refractivity contribution in [3.05, 3.63) is 53.6 Å². The number of halogens is 2. The third kappa shape index (κ3) is 5.00. The molecular formula is C22H22F2N6O2S. The van der Waals surface area contributed by atoms with Crippen LogP contribution in [-0.2, 0) is 11.3 Å².